The van der Waals surface area contributed by atoms with Gasteiger partial charge in [0, 0.05) is 16.8 Å². The highest BCUT2D eigenvalue weighted by Crippen LogP contribution is 2.29. The molecule has 0 radical (unpaired) electrons. The molecule has 2 aromatic rings. The molecule has 0 saturated carbocycles. The number of fused-ring (bicyclic) bond motifs is 1. The fourth-order valence-electron chi connectivity index (χ4n) is 1.88. The number of hydrogen-bond acceptors (Lipinski definition) is 1. The third-order valence-corrected chi connectivity index (χ3v) is 3.48. The number of imidazole rings is 1. The number of aryl methyl sites for hydroxylation is 1. The molecule has 0 atom stereocenters. The lowest BCUT2D eigenvalue weighted by Crippen LogP contribution is -2.32. The van der Waals surface area contributed by atoms with Crippen molar-refractivity contribution in [3.8, 4) is 0 Å². The topological polar surface area (TPSA) is 17.8 Å². The van der Waals surface area contributed by atoms with E-state index in [2.05, 4.69) is 20.9 Å². The molecule has 0 spiro atoms. The molecule has 2 nitrogen and oxygen atoms in total. The number of hydrogen-bond donors (Lipinski definition) is 0. The Morgan fingerprint density at radius 2 is 2.05 bits per heavy atom. The third kappa shape index (κ3) is 3.09. The number of aromatic nitrogens is 2. The Labute approximate surface area is 125 Å². The molecule has 20 heavy (non-hydrogen) atoms. The van der Waals surface area contributed by atoms with Crippen molar-refractivity contribution in [1.82, 2.24) is 9.55 Å². The molecule has 0 fully saturated rings. The van der Waals surface area contributed by atoms with Crippen molar-refractivity contribution < 1.29 is 17.6 Å². The first-order chi connectivity index (χ1) is 9.35. The molecular formula is C12H10BrClF4N2. The van der Waals surface area contributed by atoms with E-state index in [1.807, 2.05) is 0 Å². The van der Waals surface area contributed by atoms with E-state index in [1.165, 1.54) is 0 Å². The maximum atomic E-state index is 13.3. The van der Waals surface area contributed by atoms with Crippen molar-refractivity contribution in [2.45, 2.75) is 25.3 Å². The first-order valence-electron chi connectivity index (χ1n) is 5.72. The Morgan fingerprint density at radius 1 is 1.35 bits per heavy atom. The van der Waals surface area contributed by atoms with Gasteiger partial charge in [0.25, 0.3) is 0 Å². The first kappa shape index (κ1) is 15.6. The Bertz CT molecular complexity index is 615. The van der Waals surface area contributed by atoms with Gasteiger partial charge < -0.3 is 4.57 Å². The zero-order valence-electron chi connectivity index (χ0n) is 10.1. The van der Waals surface area contributed by atoms with E-state index in [9.17, 15) is 17.6 Å². The second-order valence-electron chi connectivity index (χ2n) is 4.25. The first-order valence-corrected chi connectivity index (χ1v) is 7.04. The van der Waals surface area contributed by atoms with Crippen LogP contribution >= 0.6 is 27.5 Å². The molecule has 0 aliphatic rings. The molecule has 0 unspecified atom stereocenters. The van der Waals surface area contributed by atoms with Crippen LogP contribution in [0.25, 0.3) is 11.0 Å². The second-order valence-corrected chi connectivity index (χ2v) is 5.54. The van der Waals surface area contributed by atoms with Crippen LogP contribution in [-0.2, 0) is 13.0 Å². The van der Waals surface area contributed by atoms with Gasteiger partial charge in [0.15, 0.2) is 0 Å². The van der Waals surface area contributed by atoms with Crippen molar-refractivity contribution in [2.75, 3.05) is 5.88 Å². The molecule has 1 aromatic carbocycles. The van der Waals surface area contributed by atoms with Gasteiger partial charge in [-0.05, 0) is 18.2 Å². The highest BCUT2D eigenvalue weighted by atomic mass is 79.9. The average Bonchev–Trinajstić information content (AvgIpc) is 2.66. The van der Waals surface area contributed by atoms with Gasteiger partial charge in [-0.2, -0.15) is 8.78 Å². The van der Waals surface area contributed by atoms with Crippen molar-refractivity contribution in [3.63, 3.8) is 0 Å². The van der Waals surface area contributed by atoms with Gasteiger partial charge >= 0.3 is 12.3 Å². The van der Waals surface area contributed by atoms with Crippen LogP contribution < -0.4 is 0 Å². The molecule has 110 valence electrons. The van der Waals surface area contributed by atoms with Crippen molar-refractivity contribution >= 4 is 38.6 Å². The molecule has 0 saturated heterocycles. The summed E-state index contributed by atoms with van der Waals surface area (Å²) in [4.78, 5) is 4.18. The summed E-state index contributed by atoms with van der Waals surface area (Å²) in [7, 11) is 0. The van der Waals surface area contributed by atoms with Crippen LogP contribution in [0.5, 0.6) is 0 Å². The van der Waals surface area contributed by atoms with Gasteiger partial charge in [0.2, 0.25) is 0 Å². The van der Waals surface area contributed by atoms with E-state index in [4.69, 9.17) is 11.6 Å². The molecule has 0 aliphatic heterocycles. The third-order valence-electron chi connectivity index (χ3n) is 2.80. The largest absolute Gasteiger partial charge is 0.324 e. The highest BCUT2D eigenvalue weighted by Gasteiger charge is 2.41. The number of nitrogens with zero attached hydrogens (tertiary/aromatic N) is 2. The normalized spacial score (nSPS) is 12.6. The van der Waals surface area contributed by atoms with Gasteiger partial charge in [-0.15, -0.1) is 11.6 Å². The number of alkyl halides is 5. The molecule has 0 amide bonds. The Hall–Kier alpha value is -0.820. The molecule has 1 aromatic heterocycles. The quantitative estimate of drug-likeness (QED) is 0.558. The second kappa shape index (κ2) is 5.89. The van der Waals surface area contributed by atoms with E-state index < -0.39 is 18.9 Å². The van der Waals surface area contributed by atoms with E-state index in [1.54, 1.807) is 18.2 Å². The molecule has 0 aliphatic carbocycles. The maximum absolute atomic E-state index is 13.3. The van der Waals surface area contributed by atoms with Crippen LogP contribution in [0.15, 0.2) is 22.7 Å². The lowest BCUT2D eigenvalue weighted by Gasteiger charge is -2.18. The fraction of sp³-hybridized carbons (Fsp3) is 0.417. The molecule has 1 heterocycles. The lowest BCUT2D eigenvalue weighted by molar-refractivity contribution is -0.137. The van der Waals surface area contributed by atoms with Gasteiger partial charge in [0.05, 0.1) is 17.6 Å². The molecule has 0 N–H and O–H groups in total. The van der Waals surface area contributed by atoms with Crippen LogP contribution in [0.4, 0.5) is 17.6 Å². The minimum Gasteiger partial charge on any atom is -0.322 e. The standard InChI is InChI=1S/C12H10BrClF4N2/c13-7-1-2-9-8(5-7)19-10(3-4-14)20(9)6-12(17,18)11(15)16/h1-2,5,11H,3-4,6H2. The zero-order chi connectivity index (χ0) is 14.9. The molecule has 8 heteroatoms. The van der Waals surface area contributed by atoms with Gasteiger partial charge in [-0.3, -0.25) is 0 Å². The summed E-state index contributed by atoms with van der Waals surface area (Å²) < 4.78 is 53.2. The van der Waals surface area contributed by atoms with E-state index in [0.717, 1.165) is 9.04 Å². The number of halogens is 6. The van der Waals surface area contributed by atoms with Crippen LogP contribution in [-0.4, -0.2) is 27.8 Å². The Balaban J connectivity index is 2.51. The van der Waals surface area contributed by atoms with Crippen LogP contribution in [0, 0.1) is 0 Å². The number of benzene rings is 1. The predicted octanol–water partition coefficient (Wildman–Crippen LogP) is 4.48. The van der Waals surface area contributed by atoms with Crippen molar-refractivity contribution in [1.29, 1.82) is 0 Å². The van der Waals surface area contributed by atoms with Gasteiger partial charge in [0.1, 0.15) is 5.82 Å². The Kier molecular flexibility index (Phi) is 4.59. The summed E-state index contributed by atoms with van der Waals surface area (Å²) in [5.74, 6) is -3.67. The summed E-state index contributed by atoms with van der Waals surface area (Å²) in [6, 6.07) is 4.85. The monoisotopic (exact) mass is 372 g/mol. The van der Waals surface area contributed by atoms with E-state index in [-0.39, 0.29) is 18.1 Å². The zero-order valence-corrected chi connectivity index (χ0v) is 12.4. The number of rotatable bonds is 5. The molecule has 2 rings (SSSR count). The Morgan fingerprint density at radius 3 is 2.65 bits per heavy atom. The summed E-state index contributed by atoms with van der Waals surface area (Å²) in [5.41, 5.74) is 0.846. The van der Waals surface area contributed by atoms with Crippen LogP contribution in [0.2, 0.25) is 0 Å². The maximum Gasteiger partial charge on any atom is 0.324 e. The molecular weight excluding hydrogens is 363 g/mol. The summed E-state index contributed by atoms with van der Waals surface area (Å²) in [5, 5.41) is 0. The van der Waals surface area contributed by atoms with E-state index >= 15 is 0 Å². The van der Waals surface area contributed by atoms with Crippen molar-refractivity contribution in [3.05, 3.63) is 28.5 Å². The minimum atomic E-state index is -4.11. The fourth-order valence-corrected chi connectivity index (χ4v) is 2.40. The van der Waals surface area contributed by atoms with E-state index in [0.29, 0.717) is 11.0 Å². The minimum absolute atomic E-state index is 0.171. The smallest absolute Gasteiger partial charge is 0.322 e. The summed E-state index contributed by atoms with van der Waals surface area (Å²) in [6.45, 7) is -1.12. The highest BCUT2D eigenvalue weighted by molar-refractivity contribution is 9.10. The van der Waals surface area contributed by atoms with Crippen molar-refractivity contribution in [2.24, 2.45) is 0 Å². The SMILES string of the molecule is FC(F)C(F)(F)Cn1c(CCCl)nc2cc(Br)ccc21. The van der Waals surface area contributed by atoms with Crippen LogP contribution in [0.3, 0.4) is 0 Å². The predicted molar refractivity (Wildman–Crippen MR) is 72.8 cm³/mol. The average molecular weight is 374 g/mol. The summed E-state index contributed by atoms with van der Waals surface area (Å²) in [6.07, 6.45) is -3.49. The van der Waals surface area contributed by atoms with Gasteiger partial charge in [-0.1, -0.05) is 15.9 Å². The molecule has 0 bridgehead atoms. The van der Waals surface area contributed by atoms with Crippen LogP contribution in [0.1, 0.15) is 5.82 Å². The van der Waals surface area contributed by atoms with Gasteiger partial charge in [-0.25, -0.2) is 13.8 Å². The summed E-state index contributed by atoms with van der Waals surface area (Å²) >= 11 is 8.85. The lowest BCUT2D eigenvalue weighted by atomic mass is 10.3.